The minimum absolute atomic E-state index is 0.0278. The van der Waals surface area contributed by atoms with Gasteiger partial charge in [0, 0.05) is 41.5 Å². The number of nitro benzene ring substituents is 1. The molecule has 0 spiro atoms. The van der Waals surface area contributed by atoms with Crippen LogP contribution in [0.4, 0.5) is 11.4 Å². The summed E-state index contributed by atoms with van der Waals surface area (Å²) in [5, 5.41) is 23.0. The van der Waals surface area contributed by atoms with Gasteiger partial charge in [-0.1, -0.05) is 0 Å². The second-order valence-electron chi connectivity index (χ2n) is 6.27. The molecule has 3 rings (SSSR count). The van der Waals surface area contributed by atoms with E-state index in [1.165, 1.54) is 32.4 Å². The van der Waals surface area contributed by atoms with Gasteiger partial charge in [-0.2, -0.15) is 5.26 Å². The zero-order valence-electron chi connectivity index (χ0n) is 16.7. The lowest BCUT2D eigenvalue weighted by Crippen LogP contribution is -2.13. The predicted molar refractivity (Wildman–Crippen MR) is 114 cm³/mol. The maximum Gasteiger partial charge on any atom is 0.269 e. The fourth-order valence-corrected chi connectivity index (χ4v) is 2.89. The summed E-state index contributed by atoms with van der Waals surface area (Å²) in [6, 6.07) is 16.2. The summed E-state index contributed by atoms with van der Waals surface area (Å²) in [7, 11) is 2.99. The summed E-state index contributed by atoms with van der Waals surface area (Å²) in [5.41, 5.74) is 1.51. The number of methoxy groups -OCH3 is 2. The van der Waals surface area contributed by atoms with Gasteiger partial charge in [0.1, 0.15) is 11.6 Å². The zero-order valence-corrected chi connectivity index (χ0v) is 16.7. The van der Waals surface area contributed by atoms with Crippen LogP contribution < -0.4 is 14.8 Å². The van der Waals surface area contributed by atoms with E-state index in [1.54, 1.807) is 53.2 Å². The number of nitro groups is 1. The molecule has 1 heterocycles. The summed E-state index contributed by atoms with van der Waals surface area (Å²) in [6.45, 7) is 0. The number of nitriles is 1. The molecular weight excluding hydrogens is 400 g/mol. The second kappa shape index (κ2) is 9.28. The van der Waals surface area contributed by atoms with Crippen LogP contribution in [0.5, 0.6) is 11.5 Å². The standard InChI is InChI=1S/C22H18N4O5/c1-30-20-10-5-16(13-21(20)31-2)24-22(27)15(14-23)12-19-4-3-11-25(19)17-6-8-18(9-7-17)26(28)29/h3-13H,1-2H3,(H,24,27)/b15-12+. The average Bonchev–Trinajstić information content (AvgIpc) is 3.25. The molecule has 0 unspecified atom stereocenters. The van der Waals surface area contributed by atoms with E-state index < -0.39 is 10.8 Å². The number of amides is 1. The molecule has 0 aliphatic carbocycles. The maximum absolute atomic E-state index is 12.6. The molecule has 31 heavy (non-hydrogen) atoms. The van der Waals surface area contributed by atoms with E-state index in [9.17, 15) is 20.2 Å². The highest BCUT2D eigenvalue weighted by molar-refractivity contribution is 6.09. The molecule has 0 saturated heterocycles. The molecule has 1 amide bonds. The van der Waals surface area contributed by atoms with E-state index in [0.717, 1.165) is 0 Å². The monoisotopic (exact) mass is 418 g/mol. The minimum Gasteiger partial charge on any atom is -0.493 e. The molecule has 2 aromatic carbocycles. The lowest BCUT2D eigenvalue weighted by molar-refractivity contribution is -0.384. The molecular formula is C22H18N4O5. The molecule has 9 heteroatoms. The first-order chi connectivity index (χ1) is 15.0. The van der Waals surface area contributed by atoms with Crippen LogP contribution in [0.2, 0.25) is 0 Å². The van der Waals surface area contributed by atoms with Crippen LogP contribution >= 0.6 is 0 Å². The van der Waals surface area contributed by atoms with Crippen molar-refractivity contribution in [1.82, 2.24) is 4.57 Å². The van der Waals surface area contributed by atoms with Gasteiger partial charge in [0.2, 0.25) is 0 Å². The van der Waals surface area contributed by atoms with Crippen LogP contribution in [0.15, 0.2) is 66.4 Å². The Bertz CT molecular complexity index is 1190. The van der Waals surface area contributed by atoms with Crippen molar-refractivity contribution >= 4 is 23.4 Å². The molecule has 9 nitrogen and oxygen atoms in total. The van der Waals surface area contributed by atoms with E-state index in [0.29, 0.717) is 28.6 Å². The summed E-state index contributed by atoms with van der Waals surface area (Å²) in [5.74, 6) is 0.360. The van der Waals surface area contributed by atoms with Gasteiger partial charge >= 0.3 is 0 Å². The number of aromatic nitrogens is 1. The van der Waals surface area contributed by atoms with Gasteiger partial charge in [-0.25, -0.2) is 0 Å². The number of benzene rings is 2. The van der Waals surface area contributed by atoms with E-state index in [-0.39, 0.29) is 11.3 Å². The van der Waals surface area contributed by atoms with E-state index >= 15 is 0 Å². The molecule has 0 atom stereocenters. The highest BCUT2D eigenvalue weighted by Crippen LogP contribution is 2.30. The number of carbonyl (C=O) groups excluding carboxylic acids is 1. The lowest BCUT2D eigenvalue weighted by Gasteiger charge is -2.10. The van der Waals surface area contributed by atoms with Crippen molar-refractivity contribution in [3.05, 3.63) is 82.2 Å². The van der Waals surface area contributed by atoms with Gasteiger partial charge in [0.05, 0.1) is 19.1 Å². The molecule has 0 aliphatic heterocycles. The normalized spacial score (nSPS) is 10.8. The molecule has 0 fully saturated rings. The maximum atomic E-state index is 12.6. The van der Waals surface area contributed by atoms with E-state index in [4.69, 9.17) is 9.47 Å². The van der Waals surface area contributed by atoms with Crippen LogP contribution in [0.1, 0.15) is 5.69 Å². The zero-order chi connectivity index (χ0) is 22.4. The molecule has 0 saturated carbocycles. The van der Waals surface area contributed by atoms with Crippen LogP contribution in [-0.4, -0.2) is 29.6 Å². The Kier molecular flexibility index (Phi) is 6.33. The van der Waals surface area contributed by atoms with Gasteiger partial charge in [-0.15, -0.1) is 0 Å². The number of non-ortho nitro benzene ring substituents is 1. The SMILES string of the molecule is COc1ccc(NC(=O)/C(C#N)=C/c2cccn2-c2ccc([N+](=O)[O-])cc2)cc1OC. The third kappa shape index (κ3) is 4.71. The number of rotatable bonds is 7. The van der Waals surface area contributed by atoms with Gasteiger partial charge in [-0.05, 0) is 42.5 Å². The third-order valence-corrected chi connectivity index (χ3v) is 4.42. The minimum atomic E-state index is -0.592. The smallest absolute Gasteiger partial charge is 0.269 e. The fourth-order valence-electron chi connectivity index (χ4n) is 2.89. The summed E-state index contributed by atoms with van der Waals surface area (Å²) >= 11 is 0. The quantitative estimate of drug-likeness (QED) is 0.269. The Morgan fingerprint density at radius 3 is 2.45 bits per heavy atom. The highest BCUT2D eigenvalue weighted by Gasteiger charge is 2.13. The predicted octanol–water partition coefficient (Wildman–Crippen LogP) is 3.95. The van der Waals surface area contributed by atoms with E-state index in [2.05, 4.69) is 5.32 Å². The topological polar surface area (TPSA) is 119 Å². The molecule has 0 radical (unpaired) electrons. The first kappa shape index (κ1) is 21.1. The highest BCUT2D eigenvalue weighted by atomic mass is 16.6. The van der Waals surface area contributed by atoms with Crippen molar-refractivity contribution in [2.75, 3.05) is 19.5 Å². The Morgan fingerprint density at radius 2 is 1.84 bits per heavy atom. The average molecular weight is 418 g/mol. The molecule has 0 aliphatic rings. The van der Waals surface area contributed by atoms with E-state index in [1.807, 2.05) is 6.07 Å². The number of ether oxygens (including phenoxy) is 2. The first-order valence-corrected chi connectivity index (χ1v) is 9.04. The Hall–Kier alpha value is -4.58. The fraction of sp³-hybridized carbons (Fsp3) is 0.0909. The molecule has 156 valence electrons. The van der Waals surface area contributed by atoms with Crippen molar-refractivity contribution in [1.29, 1.82) is 5.26 Å². The van der Waals surface area contributed by atoms with Crippen molar-refractivity contribution in [2.45, 2.75) is 0 Å². The lowest BCUT2D eigenvalue weighted by atomic mass is 10.2. The van der Waals surface area contributed by atoms with Crippen LogP contribution in [0.3, 0.4) is 0 Å². The number of anilines is 1. The Morgan fingerprint density at radius 1 is 1.13 bits per heavy atom. The van der Waals surface area contributed by atoms with Crippen molar-refractivity contribution in [2.24, 2.45) is 0 Å². The van der Waals surface area contributed by atoms with Crippen LogP contribution in [-0.2, 0) is 4.79 Å². The first-order valence-electron chi connectivity index (χ1n) is 9.04. The summed E-state index contributed by atoms with van der Waals surface area (Å²) < 4.78 is 12.1. The molecule has 3 aromatic rings. The number of hydrogen-bond donors (Lipinski definition) is 1. The van der Waals surface area contributed by atoms with Gasteiger partial charge in [0.25, 0.3) is 11.6 Å². The van der Waals surface area contributed by atoms with Crippen molar-refractivity contribution in [3.63, 3.8) is 0 Å². The molecule has 1 N–H and O–H groups in total. The number of carbonyl (C=O) groups is 1. The summed E-state index contributed by atoms with van der Waals surface area (Å²) in [4.78, 5) is 23.0. The van der Waals surface area contributed by atoms with Crippen molar-refractivity contribution < 1.29 is 19.2 Å². The largest absolute Gasteiger partial charge is 0.493 e. The number of nitrogens with zero attached hydrogens (tertiary/aromatic N) is 3. The summed E-state index contributed by atoms with van der Waals surface area (Å²) in [6.07, 6.45) is 3.17. The third-order valence-electron chi connectivity index (χ3n) is 4.42. The number of hydrogen-bond acceptors (Lipinski definition) is 6. The van der Waals surface area contributed by atoms with Crippen molar-refractivity contribution in [3.8, 4) is 23.3 Å². The van der Waals surface area contributed by atoms with Gasteiger partial charge < -0.3 is 19.4 Å². The van der Waals surface area contributed by atoms with Gasteiger partial charge in [0.15, 0.2) is 11.5 Å². The molecule has 0 bridgehead atoms. The number of nitrogens with one attached hydrogen (secondary N) is 1. The van der Waals surface area contributed by atoms with Crippen LogP contribution in [0.25, 0.3) is 11.8 Å². The Labute approximate surface area is 177 Å². The van der Waals surface area contributed by atoms with Gasteiger partial charge in [-0.3, -0.25) is 14.9 Å². The van der Waals surface area contributed by atoms with Crippen LogP contribution in [0, 0.1) is 21.4 Å². The Balaban J connectivity index is 1.86. The molecule has 1 aromatic heterocycles. The second-order valence-corrected chi connectivity index (χ2v) is 6.27.